The highest BCUT2D eigenvalue weighted by molar-refractivity contribution is 8.15. The fourth-order valence-electron chi connectivity index (χ4n) is 1.92. The van der Waals surface area contributed by atoms with Gasteiger partial charge in [-0.1, -0.05) is 13.8 Å². The molecule has 1 aromatic heterocycles. The molecule has 34 heavy (non-hydrogen) atoms. The summed E-state index contributed by atoms with van der Waals surface area (Å²) >= 11 is 0.930. The molecule has 1 rings (SSSR count). The summed E-state index contributed by atoms with van der Waals surface area (Å²) in [6.07, 6.45) is 0. The van der Waals surface area contributed by atoms with Gasteiger partial charge in [0.15, 0.2) is 18.1 Å². The molecule has 0 unspecified atom stereocenters. The van der Waals surface area contributed by atoms with Gasteiger partial charge in [-0.3, -0.25) is 9.59 Å². The molecular formula is C19H25NO12S2. The van der Waals surface area contributed by atoms with E-state index in [9.17, 15) is 33.9 Å². The van der Waals surface area contributed by atoms with Crippen LogP contribution in [0.1, 0.15) is 39.2 Å². The Morgan fingerprint density at radius 2 is 1.71 bits per heavy atom. The van der Waals surface area contributed by atoms with E-state index in [0.717, 1.165) is 0 Å². The third-order valence-corrected chi connectivity index (χ3v) is 5.70. The zero-order valence-corrected chi connectivity index (χ0v) is 20.7. The van der Waals surface area contributed by atoms with E-state index in [2.05, 4.69) is 14.2 Å². The Bertz CT molecular complexity index is 965. The van der Waals surface area contributed by atoms with Gasteiger partial charge in [-0.05, 0) is 44.3 Å². The Kier molecular flexibility index (Phi) is 11.2. The lowest BCUT2D eigenvalue weighted by atomic mass is 10.2. The third-order valence-electron chi connectivity index (χ3n) is 3.86. The number of thioether (sulfide) groups is 2. The van der Waals surface area contributed by atoms with Gasteiger partial charge >= 0.3 is 28.4 Å². The van der Waals surface area contributed by atoms with Crippen LogP contribution in [-0.4, -0.2) is 56.9 Å². The average molecular weight is 524 g/mol. The number of hydrogen-bond acceptors (Lipinski definition) is 13. The number of ether oxygens (including phenoxy) is 3. The monoisotopic (exact) mass is 523 g/mol. The van der Waals surface area contributed by atoms with Gasteiger partial charge in [-0.2, -0.15) is 0 Å². The maximum atomic E-state index is 12.5. The highest BCUT2D eigenvalue weighted by Crippen LogP contribution is 2.27. The summed E-state index contributed by atoms with van der Waals surface area (Å²) in [5.41, 5.74) is 0. The zero-order chi connectivity index (χ0) is 26.1. The Labute approximate surface area is 202 Å². The molecule has 190 valence electrons. The first-order valence-electron chi connectivity index (χ1n) is 9.68. The standard InChI is InChI=1S/C19H25NO12S2/c1-9(2)14(23)29-8-30-18(27)34-19(4,5)15(24)20-11(13(21)22)7-33-17(26)28-6-12-10(3)31-16(25)32-12/h9,11H,6-8H2,1-5H3,(H,20,24)(H,21,22)/t11-/m0/s1. The molecule has 1 aromatic rings. The molecule has 0 aliphatic heterocycles. The molecule has 1 atom stereocenters. The van der Waals surface area contributed by atoms with Crippen molar-refractivity contribution in [3.8, 4) is 0 Å². The van der Waals surface area contributed by atoms with E-state index in [1.807, 2.05) is 0 Å². The van der Waals surface area contributed by atoms with Crippen molar-refractivity contribution in [2.45, 2.75) is 52.0 Å². The number of carbonyl (C=O) groups is 5. The second-order valence-electron chi connectivity index (χ2n) is 7.39. The van der Waals surface area contributed by atoms with Crippen LogP contribution in [-0.2, 0) is 35.2 Å². The minimum atomic E-state index is -1.48. The van der Waals surface area contributed by atoms with E-state index in [4.69, 9.17) is 14.2 Å². The molecule has 0 fully saturated rings. The minimum absolute atomic E-state index is 0.00618. The Hall–Kier alpha value is -2.94. The van der Waals surface area contributed by atoms with E-state index >= 15 is 0 Å². The Balaban J connectivity index is 2.53. The van der Waals surface area contributed by atoms with E-state index in [0.29, 0.717) is 23.5 Å². The summed E-state index contributed by atoms with van der Waals surface area (Å²) < 4.78 is 22.2. The summed E-state index contributed by atoms with van der Waals surface area (Å²) in [7, 11) is 0. The largest absolute Gasteiger partial charge is 0.519 e. The number of nitrogens with one attached hydrogen (secondary N) is 1. The van der Waals surface area contributed by atoms with Crippen molar-refractivity contribution in [2.24, 2.45) is 5.92 Å². The molecule has 0 radical (unpaired) electrons. The number of rotatable bonds is 11. The van der Waals surface area contributed by atoms with Crippen molar-refractivity contribution in [3.63, 3.8) is 0 Å². The number of amides is 1. The topological polar surface area (TPSA) is 189 Å². The van der Waals surface area contributed by atoms with Crippen LogP contribution in [0.5, 0.6) is 0 Å². The summed E-state index contributed by atoms with van der Waals surface area (Å²) in [5.74, 6) is -4.41. The first kappa shape index (κ1) is 29.1. The second-order valence-corrected chi connectivity index (χ2v) is 9.90. The highest BCUT2D eigenvalue weighted by Gasteiger charge is 2.35. The van der Waals surface area contributed by atoms with Gasteiger partial charge < -0.3 is 33.5 Å². The number of carboxylic acid groups (broad SMARTS) is 1. The zero-order valence-electron chi connectivity index (χ0n) is 19.0. The lowest BCUT2D eigenvalue weighted by Crippen LogP contribution is -2.50. The number of esters is 1. The van der Waals surface area contributed by atoms with Crippen LogP contribution in [0.4, 0.5) is 9.59 Å². The highest BCUT2D eigenvalue weighted by atomic mass is 32.2. The van der Waals surface area contributed by atoms with Gasteiger partial charge in [0.1, 0.15) is 6.04 Å². The fraction of sp³-hybridized carbons (Fsp3) is 0.579. The fourth-order valence-corrected chi connectivity index (χ4v) is 3.26. The van der Waals surface area contributed by atoms with E-state index in [1.54, 1.807) is 13.8 Å². The van der Waals surface area contributed by atoms with Crippen LogP contribution in [0.15, 0.2) is 13.6 Å². The minimum Gasteiger partial charge on any atom is -0.480 e. The van der Waals surface area contributed by atoms with Crippen LogP contribution >= 0.6 is 23.5 Å². The van der Waals surface area contributed by atoms with Crippen LogP contribution in [0.3, 0.4) is 0 Å². The van der Waals surface area contributed by atoms with E-state index in [1.165, 1.54) is 20.8 Å². The first-order valence-corrected chi connectivity index (χ1v) is 11.5. The van der Waals surface area contributed by atoms with Gasteiger partial charge in [0.25, 0.3) is 0 Å². The number of hydrogen-bond donors (Lipinski definition) is 2. The third kappa shape index (κ3) is 9.91. The summed E-state index contributed by atoms with van der Waals surface area (Å²) in [6, 6.07) is -1.48. The van der Waals surface area contributed by atoms with Crippen molar-refractivity contribution in [1.29, 1.82) is 0 Å². The van der Waals surface area contributed by atoms with E-state index < -0.39 is 64.4 Å². The number of aryl methyl sites for hydroxylation is 1. The van der Waals surface area contributed by atoms with Gasteiger partial charge in [-0.15, -0.1) is 0 Å². The normalized spacial score (nSPS) is 12.1. The van der Waals surface area contributed by atoms with Crippen LogP contribution < -0.4 is 11.1 Å². The van der Waals surface area contributed by atoms with Gasteiger partial charge in [0, 0.05) is 5.75 Å². The summed E-state index contributed by atoms with van der Waals surface area (Å²) in [5, 5.41) is 9.80. The van der Waals surface area contributed by atoms with Crippen molar-refractivity contribution in [3.05, 3.63) is 22.1 Å². The second kappa shape index (κ2) is 13.1. The molecule has 0 saturated heterocycles. The summed E-state index contributed by atoms with van der Waals surface area (Å²) in [4.78, 5) is 70.1. The number of carbonyl (C=O) groups excluding carboxylic acids is 4. The molecule has 0 saturated carbocycles. The summed E-state index contributed by atoms with van der Waals surface area (Å²) in [6.45, 7) is 6.33. The average Bonchev–Trinajstić information content (AvgIpc) is 3.05. The van der Waals surface area contributed by atoms with Crippen molar-refractivity contribution in [2.75, 3.05) is 12.5 Å². The molecule has 1 heterocycles. The molecular weight excluding hydrogens is 498 g/mol. The lowest BCUT2D eigenvalue weighted by Gasteiger charge is -2.24. The van der Waals surface area contributed by atoms with Crippen molar-refractivity contribution >= 4 is 52.0 Å². The Morgan fingerprint density at radius 1 is 1.06 bits per heavy atom. The Morgan fingerprint density at radius 3 is 2.24 bits per heavy atom. The van der Waals surface area contributed by atoms with E-state index in [-0.39, 0.29) is 17.3 Å². The lowest BCUT2D eigenvalue weighted by molar-refractivity contribution is -0.155. The molecule has 2 N–H and O–H groups in total. The number of aliphatic carboxylic acids is 1. The van der Waals surface area contributed by atoms with Gasteiger partial charge in [0.05, 0.1) is 10.7 Å². The van der Waals surface area contributed by atoms with Gasteiger partial charge in [-0.25, -0.2) is 19.2 Å². The molecule has 0 aliphatic rings. The molecule has 0 aliphatic carbocycles. The molecule has 13 nitrogen and oxygen atoms in total. The van der Waals surface area contributed by atoms with Crippen molar-refractivity contribution < 1.29 is 52.1 Å². The molecule has 15 heteroatoms. The molecule has 0 spiro atoms. The van der Waals surface area contributed by atoms with Gasteiger partial charge in [0.2, 0.25) is 12.7 Å². The predicted molar refractivity (Wildman–Crippen MR) is 118 cm³/mol. The SMILES string of the molecule is Cc1oc(=O)oc1COC(=O)SC[C@H](NC(=O)C(C)(C)SC(=O)OCOC(=O)C(C)C)C(=O)O. The van der Waals surface area contributed by atoms with Crippen LogP contribution in [0, 0.1) is 12.8 Å². The number of carboxylic acids is 1. The predicted octanol–water partition coefficient (Wildman–Crippen LogP) is 2.29. The van der Waals surface area contributed by atoms with Crippen molar-refractivity contribution in [1.82, 2.24) is 5.32 Å². The smallest absolute Gasteiger partial charge is 0.480 e. The maximum absolute atomic E-state index is 12.5. The molecule has 1 amide bonds. The molecule has 0 aromatic carbocycles. The van der Waals surface area contributed by atoms with Crippen LogP contribution in [0.25, 0.3) is 0 Å². The first-order chi connectivity index (χ1) is 15.7. The van der Waals surface area contributed by atoms with Crippen LogP contribution in [0.2, 0.25) is 0 Å². The maximum Gasteiger partial charge on any atom is 0.519 e. The quantitative estimate of drug-likeness (QED) is 0.317. The molecule has 0 bridgehead atoms.